The van der Waals surface area contributed by atoms with Gasteiger partial charge >= 0.3 is 0 Å². The zero-order valence-electron chi connectivity index (χ0n) is 32.4. The van der Waals surface area contributed by atoms with Gasteiger partial charge < -0.3 is 40.7 Å². The van der Waals surface area contributed by atoms with Crippen molar-refractivity contribution in [2.75, 3.05) is 6.61 Å². The lowest BCUT2D eigenvalue weighted by Crippen LogP contribution is -2.59. The lowest BCUT2D eigenvalue weighted by Gasteiger charge is -2.41. The van der Waals surface area contributed by atoms with E-state index in [9.17, 15) is 35.4 Å². The van der Waals surface area contributed by atoms with Crippen molar-refractivity contribution >= 4 is 5.91 Å². The molecule has 1 saturated heterocycles. The van der Waals surface area contributed by atoms with Gasteiger partial charge in [-0.25, -0.2) is 0 Å². The number of amides is 1. The molecule has 0 bridgehead atoms. The van der Waals surface area contributed by atoms with Crippen LogP contribution < -0.4 is 5.32 Å². The second-order valence-electron chi connectivity index (χ2n) is 15.3. The number of unbranched alkanes of at least 4 members (excludes halogenated alkanes) is 18. The molecule has 1 aliphatic heterocycles. The van der Waals surface area contributed by atoms with E-state index in [1.807, 2.05) is 6.07 Å². The van der Waals surface area contributed by atoms with Crippen molar-refractivity contribution in [1.29, 1.82) is 0 Å². The second-order valence-corrected chi connectivity index (χ2v) is 15.3. The number of aliphatic hydroxyl groups is 6. The minimum atomic E-state index is -1.53. The Labute approximate surface area is 315 Å². The maximum Gasteiger partial charge on any atom is 0.220 e. The van der Waals surface area contributed by atoms with Crippen LogP contribution in [0.4, 0.5) is 0 Å². The molecule has 0 aromatic heterocycles. The maximum atomic E-state index is 13.1. The first kappa shape index (κ1) is 46.3. The zero-order chi connectivity index (χ0) is 38.0. The third-order valence-corrected chi connectivity index (χ3v) is 10.8. The van der Waals surface area contributed by atoms with Crippen molar-refractivity contribution in [1.82, 2.24) is 5.32 Å². The number of hydrogen-bond acceptors (Lipinski definition) is 8. The number of benzene rings is 1. The fraction of sp³-hybridized carbons (Fsp3) is 0.791. The van der Waals surface area contributed by atoms with Crippen LogP contribution in [0.2, 0.25) is 0 Å². The Bertz CT molecular complexity index is 1040. The summed E-state index contributed by atoms with van der Waals surface area (Å²) < 4.78 is 5.67. The number of aliphatic hydroxyl groups excluding tert-OH is 6. The van der Waals surface area contributed by atoms with E-state index in [1.165, 1.54) is 82.6 Å². The van der Waals surface area contributed by atoms with Gasteiger partial charge in [0.25, 0.3) is 0 Å². The SMILES string of the molecule is C=C(C[C@H]1O[C@H](CO)[C@H](O)[C@H](O)[C@H]1O)[C@H](NC(=O)CCCCCCCCCCc1ccccc1)[C@H](O)[C@H](O)CCCCCCCCCCCCCC. The number of ether oxygens (including phenoxy) is 1. The smallest absolute Gasteiger partial charge is 0.220 e. The molecule has 1 aliphatic rings. The molecular formula is C43H75NO8. The lowest BCUT2D eigenvalue weighted by molar-refractivity contribution is -0.228. The minimum absolute atomic E-state index is 0.0554. The van der Waals surface area contributed by atoms with E-state index in [0.717, 1.165) is 51.4 Å². The van der Waals surface area contributed by atoms with Gasteiger partial charge in [-0.2, -0.15) is 0 Å². The van der Waals surface area contributed by atoms with Gasteiger partial charge in [0.1, 0.15) is 30.5 Å². The molecule has 0 unspecified atom stereocenters. The molecule has 9 heteroatoms. The van der Waals surface area contributed by atoms with Crippen LogP contribution in [0, 0.1) is 0 Å². The van der Waals surface area contributed by atoms with Crippen LogP contribution in [0.15, 0.2) is 42.5 Å². The fourth-order valence-corrected chi connectivity index (χ4v) is 7.31. The summed E-state index contributed by atoms with van der Waals surface area (Å²) in [6.07, 6.45) is 15.7. The highest BCUT2D eigenvalue weighted by atomic mass is 16.5. The fourth-order valence-electron chi connectivity index (χ4n) is 7.31. The molecule has 1 heterocycles. The highest BCUT2D eigenvalue weighted by Gasteiger charge is 2.44. The number of aryl methyl sites for hydroxylation is 1. The molecule has 52 heavy (non-hydrogen) atoms. The van der Waals surface area contributed by atoms with Crippen molar-refractivity contribution < 1.29 is 40.2 Å². The van der Waals surface area contributed by atoms with Gasteiger partial charge in [-0.05, 0) is 43.2 Å². The first-order valence-corrected chi connectivity index (χ1v) is 20.9. The summed E-state index contributed by atoms with van der Waals surface area (Å²) in [6.45, 7) is 5.77. The first-order chi connectivity index (χ1) is 25.2. The normalized spacial score (nSPS) is 22.2. The van der Waals surface area contributed by atoms with Crippen LogP contribution in [0.5, 0.6) is 0 Å². The summed E-state index contributed by atoms with van der Waals surface area (Å²) in [5.41, 5.74) is 1.72. The van der Waals surface area contributed by atoms with E-state index in [-0.39, 0.29) is 18.7 Å². The van der Waals surface area contributed by atoms with Crippen LogP contribution >= 0.6 is 0 Å². The van der Waals surface area contributed by atoms with E-state index in [2.05, 4.69) is 43.1 Å². The van der Waals surface area contributed by atoms with Crippen LogP contribution in [0.3, 0.4) is 0 Å². The van der Waals surface area contributed by atoms with E-state index in [1.54, 1.807) is 0 Å². The standard InChI is InChI=1S/C43H75NO8/c1-3-4-5-6-7-8-9-10-11-15-18-24-29-35(46)40(48)39(33(2)31-36-41(49)43(51)42(50)37(32-45)52-36)44-38(47)30-25-19-16-13-12-14-17-21-26-34-27-22-20-23-28-34/h20,22-23,27-28,35-37,39-43,45-46,48-51H,2-19,21,24-26,29-32H2,1H3,(H,44,47)/t35-,36-,37-,39+,40-,41+,42+,43-/m1/s1. The van der Waals surface area contributed by atoms with Crippen molar-refractivity contribution in [2.45, 2.75) is 210 Å². The van der Waals surface area contributed by atoms with Gasteiger partial charge in [-0.1, -0.05) is 159 Å². The van der Waals surface area contributed by atoms with Gasteiger partial charge in [0.2, 0.25) is 5.91 Å². The third-order valence-electron chi connectivity index (χ3n) is 10.8. The second kappa shape index (κ2) is 28.6. The lowest BCUT2D eigenvalue weighted by atomic mass is 9.87. The molecule has 1 aromatic rings. The molecule has 300 valence electrons. The summed E-state index contributed by atoms with van der Waals surface area (Å²) in [6, 6.07) is 9.58. The summed E-state index contributed by atoms with van der Waals surface area (Å²) in [5.74, 6) is -0.252. The Hall–Kier alpha value is -1.85. The average Bonchev–Trinajstić information content (AvgIpc) is 3.15. The van der Waals surface area contributed by atoms with Gasteiger partial charge in [0.05, 0.1) is 24.9 Å². The van der Waals surface area contributed by atoms with Crippen molar-refractivity contribution in [3.8, 4) is 0 Å². The molecule has 0 spiro atoms. The van der Waals surface area contributed by atoms with Crippen LogP contribution in [-0.2, 0) is 16.0 Å². The molecule has 7 N–H and O–H groups in total. The number of nitrogens with one attached hydrogen (secondary N) is 1. The van der Waals surface area contributed by atoms with Crippen LogP contribution in [-0.4, -0.2) is 91.9 Å². The summed E-state index contributed by atoms with van der Waals surface area (Å²) in [5, 5.41) is 65.9. The molecule has 0 saturated carbocycles. The molecule has 1 aromatic carbocycles. The zero-order valence-corrected chi connectivity index (χ0v) is 32.4. The number of hydrogen-bond donors (Lipinski definition) is 7. The van der Waals surface area contributed by atoms with Gasteiger partial charge in [-0.15, -0.1) is 0 Å². The largest absolute Gasteiger partial charge is 0.394 e. The third kappa shape index (κ3) is 19.0. The summed E-state index contributed by atoms with van der Waals surface area (Å²) in [7, 11) is 0. The number of rotatable bonds is 31. The molecule has 1 amide bonds. The van der Waals surface area contributed by atoms with E-state index in [4.69, 9.17) is 4.74 Å². The number of carbonyl (C=O) groups is 1. The quantitative estimate of drug-likeness (QED) is 0.0323. The average molecular weight is 734 g/mol. The van der Waals surface area contributed by atoms with Crippen molar-refractivity contribution in [3.63, 3.8) is 0 Å². The molecule has 2 rings (SSSR count). The summed E-state index contributed by atoms with van der Waals surface area (Å²) in [4.78, 5) is 13.1. The highest BCUT2D eigenvalue weighted by Crippen LogP contribution is 2.27. The Balaban J connectivity index is 1.77. The Morgan fingerprint density at radius 1 is 0.712 bits per heavy atom. The topological polar surface area (TPSA) is 160 Å². The molecule has 0 aliphatic carbocycles. The molecule has 8 atom stereocenters. The Kier molecular flexibility index (Phi) is 25.4. The van der Waals surface area contributed by atoms with E-state index >= 15 is 0 Å². The van der Waals surface area contributed by atoms with Gasteiger partial charge in [0, 0.05) is 6.42 Å². The monoisotopic (exact) mass is 734 g/mol. The maximum absolute atomic E-state index is 13.1. The molecule has 1 fully saturated rings. The Morgan fingerprint density at radius 2 is 1.21 bits per heavy atom. The number of carbonyl (C=O) groups excluding carboxylic acids is 1. The predicted molar refractivity (Wildman–Crippen MR) is 209 cm³/mol. The van der Waals surface area contributed by atoms with Crippen LogP contribution in [0.1, 0.15) is 160 Å². The first-order valence-electron chi connectivity index (χ1n) is 20.9. The van der Waals surface area contributed by atoms with Crippen molar-refractivity contribution in [2.24, 2.45) is 0 Å². The molecule has 0 radical (unpaired) electrons. The Morgan fingerprint density at radius 3 is 1.77 bits per heavy atom. The van der Waals surface area contributed by atoms with E-state index in [0.29, 0.717) is 18.4 Å². The highest BCUT2D eigenvalue weighted by molar-refractivity contribution is 5.76. The summed E-state index contributed by atoms with van der Waals surface area (Å²) >= 11 is 0. The van der Waals surface area contributed by atoms with Crippen LogP contribution in [0.25, 0.3) is 0 Å². The molecule has 9 nitrogen and oxygen atoms in total. The van der Waals surface area contributed by atoms with Crippen molar-refractivity contribution in [3.05, 3.63) is 48.0 Å². The predicted octanol–water partition coefficient (Wildman–Crippen LogP) is 6.83. The minimum Gasteiger partial charge on any atom is -0.394 e. The van der Waals surface area contributed by atoms with Gasteiger partial charge in [0.15, 0.2) is 0 Å². The van der Waals surface area contributed by atoms with Gasteiger partial charge in [-0.3, -0.25) is 4.79 Å². The molecular weight excluding hydrogens is 658 g/mol. The van der Waals surface area contributed by atoms with E-state index < -0.39 is 55.4 Å².